The normalized spacial score (nSPS) is 17.0. The van der Waals surface area contributed by atoms with Crippen molar-refractivity contribution in [1.82, 2.24) is 10.2 Å². The van der Waals surface area contributed by atoms with Gasteiger partial charge in [0.15, 0.2) is 0 Å². The molecule has 2 aromatic carbocycles. The van der Waals surface area contributed by atoms with Crippen molar-refractivity contribution in [1.29, 1.82) is 0 Å². The maximum Gasteiger partial charge on any atom is 0.225 e. The van der Waals surface area contributed by atoms with Gasteiger partial charge >= 0.3 is 0 Å². The Kier molecular flexibility index (Phi) is 5.07. The lowest BCUT2D eigenvalue weighted by molar-refractivity contribution is -0.129. The van der Waals surface area contributed by atoms with Crippen LogP contribution in [0, 0.1) is 17.6 Å². The van der Waals surface area contributed by atoms with Gasteiger partial charge in [-0.25, -0.2) is 8.78 Å². The molecule has 25 heavy (non-hydrogen) atoms. The second kappa shape index (κ2) is 7.42. The SMILES string of the molecule is O=C(NCc1ccc(F)cc1)[C@@H]1CC(=O)N(Cc2ccccc2F)C1. The predicted molar refractivity (Wildman–Crippen MR) is 88.2 cm³/mol. The van der Waals surface area contributed by atoms with E-state index in [9.17, 15) is 18.4 Å². The van der Waals surface area contributed by atoms with E-state index in [4.69, 9.17) is 0 Å². The number of amides is 2. The van der Waals surface area contributed by atoms with Crippen LogP contribution >= 0.6 is 0 Å². The lowest BCUT2D eigenvalue weighted by atomic mass is 10.1. The summed E-state index contributed by atoms with van der Waals surface area (Å²) in [5.74, 6) is -1.54. The van der Waals surface area contributed by atoms with Gasteiger partial charge in [-0.1, -0.05) is 30.3 Å². The highest BCUT2D eigenvalue weighted by molar-refractivity contribution is 5.89. The molecule has 0 radical (unpaired) electrons. The summed E-state index contributed by atoms with van der Waals surface area (Å²) in [7, 11) is 0. The van der Waals surface area contributed by atoms with Crippen LogP contribution in [-0.4, -0.2) is 23.3 Å². The van der Waals surface area contributed by atoms with E-state index in [1.54, 1.807) is 30.3 Å². The van der Waals surface area contributed by atoms with Crippen LogP contribution in [0.25, 0.3) is 0 Å². The van der Waals surface area contributed by atoms with Gasteiger partial charge in [-0.2, -0.15) is 0 Å². The molecule has 1 aliphatic rings. The molecule has 1 atom stereocenters. The van der Waals surface area contributed by atoms with Gasteiger partial charge in [-0.3, -0.25) is 9.59 Å². The summed E-state index contributed by atoms with van der Waals surface area (Å²) < 4.78 is 26.6. The van der Waals surface area contributed by atoms with E-state index in [1.807, 2.05) is 0 Å². The summed E-state index contributed by atoms with van der Waals surface area (Å²) in [5.41, 5.74) is 1.21. The van der Waals surface area contributed by atoms with Crippen molar-refractivity contribution in [2.75, 3.05) is 6.54 Å². The Morgan fingerprint density at radius 1 is 1.12 bits per heavy atom. The predicted octanol–water partition coefficient (Wildman–Crippen LogP) is 2.63. The molecule has 130 valence electrons. The van der Waals surface area contributed by atoms with E-state index in [0.717, 1.165) is 5.56 Å². The minimum Gasteiger partial charge on any atom is -0.352 e. The molecule has 0 aromatic heterocycles. The molecule has 1 saturated heterocycles. The lowest BCUT2D eigenvalue weighted by Crippen LogP contribution is -2.32. The first-order chi connectivity index (χ1) is 12.0. The van der Waals surface area contributed by atoms with Crippen molar-refractivity contribution in [3.63, 3.8) is 0 Å². The van der Waals surface area contributed by atoms with Crippen molar-refractivity contribution in [3.05, 3.63) is 71.3 Å². The molecule has 2 amide bonds. The van der Waals surface area contributed by atoms with Gasteiger partial charge < -0.3 is 10.2 Å². The first kappa shape index (κ1) is 17.1. The van der Waals surface area contributed by atoms with Crippen molar-refractivity contribution in [2.45, 2.75) is 19.5 Å². The van der Waals surface area contributed by atoms with Crippen molar-refractivity contribution in [2.24, 2.45) is 5.92 Å². The van der Waals surface area contributed by atoms with Gasteiger partial charge in [0, 0.05) is 31.6 Å². The summed E-state index contributed by atoms with van der Waals surface area (Å²) in [6, 6.07) is 12.1. The van der Waals surface area contributed by atoms with Crippen LogP contribution in [0.3, 0.4) is 0 Å². The van der Waals surface area contributed by atoms with Crippen LogP contribution in [0.15, 0.2) is 48.5 Å². The summed E-state index contributed by atoms with van der Waals surface area (Å²) in [4.78, 5) is 25.9. The molecule has 3 rings (SSSR count). The number of rotatable bonds is 5. The molecule has 4 nitrogen and oxygen atoms in total. The van der Waals surface area contributed by atoms with Gasteiger partial charge in [0.05, 0.1) is 5.92 Å². The molecule has 2 aromatic rings. The standard InChI is InChI=1S/C19H18F2N2O2/c20-16-7-5-13(6-8-16)10-22-19(25)15-9-18(24)23(12-15)11-14-3-1-2-4-17(14)21/h1-8,15H,9-12H2,(H,22,25)/t15-/m1/s1. The Balaban J connectivity index is 1.55. The zero-order valence-corrected chi connectivity index (χ0v) is 13.5. The minimum absolute atomic E-state index is 0.115. The zero-order valence-electron chi connectivity index (χ0n) is 13.5. The van der Waals surface area contributed by atoms with Crippen LogP contribution in [0.5, 0.6) is 0 Å². The monoisotopic (exact) mass is 344 g/mol. The van der Waals surface area contributed by atoms with E-state index in [2.05, 4.69) is 5.32 Å². The Morgan fingerprint density at radius 3 is 2.56 bits per heavy atom. The third kappa shape index (κ3) is 4.21. The van der Waals surface area contributed by atoms with E-state index < -0.39 is 5.92 Å². The molecular formula is C19H18F2N2O2. The third-order valence-electron chi connectivity index (χ3n) is 4.28. The Labute approximate surface area is 144 Å². The summed E-state index contributed by atoms with van der Waals surface area (Å²) in [6.07, 6.45) is 0.115. The molecule has 0 saturated carbocycles. The molecule has 0 aliphatic carbocycles. The molecular weight excluding hydrogens is 326 g/mol. The fraction of sp³-hybridized carbons (Fsp3) is 0.263. The zero-order chi connectivity index (χ0) is 17.8. The van der Waals surface area contributed by atoms with E-state index in [1.165, 1.54) is 23.1 Å². The molecule has 0 unspecified atom stereocenters. The highest BCUT2D eigenvalue weighted by Gasteiger charge is 2.34. The fourth-order valence-corrected chi connectivity index (χ4v) is 2.87. The molecule has 6 heteroatoms. The summed E-state index contributed by atoms with van der Waals surface area (Å²) in [5, 5.41) is 2.76. The first-order valence-corrected chi connectivity index (χ1v) is 8.06. The highest BCUT2D eigenvalue weighted by Crippen LogP contribution is 2.21. The average molecular weight is 344 g/mol. The van der Waals surface area contributed by atoms with Gasteiger partial charge in [0.2, 0.25) is 11.8 Å². The molecule has 1 heterocycles. The van der Waals surface area contributed by atoms with Gasteiger partial charge in [0.1, 0.15) is 11.6 Å². The maximum absolute atomic E-state index is 13.7. The molecule has 0 bridgehead atoms. The fourth-order valence-electron chi connectivity index (χ4n) is 2.87. The minimum atomic E-state index is -0.459. The average Bonchev–Trinajstić information content (AvgIpc) is 2.97. The second-order valence-electron chi connectivity index (χ2n) is 6.11. The smallest absolute Gasteiger partial charge is 0.225 e. The van der Waals surface area contributed by atoms with E-state index in [0.29, 0.717) is 5.56 Å². The van der Waals surface area contributed by atoms with Gasteiger partial charge in [-0.15, -0.1) is 0 Å². The van der Waals surface area contributed by atoms with Crippen LogP contribution in [0.2, 0.25) is 0 Å². The van der Waals surface area contributed by atoms with Gasteiger partial charge in [-0.05, 0) is 23.8 Å². The number of halogens is 2. The largest absolute Gasteiger partial charge is 0.352 e. The third-order valence-corrected chi connectivity index (χ3v) is 4.28. The number of hydrogen-bond donors (Lipinski definition) is 1. The summed E-state index contributed by atoms with van der Waals surface area (Å²) in [6.45, 7) is 0.701. The van der Waals surface area contributed by atoms with Crippen molar-refractivity contribution in [3.8, 4) is 0 Å². The van der Waals surface area contributed by atoms with Crippen molar-refractivity contribution >= 4 is 11.8 Å². The van der Waals surface area contributed by atoms with Crippen LogP contribution in [-0.2, 0) is 22.7 Å². The number of nitrogens with zero attached hydrogens (tertiary/aromatic N) is 1. The van der Waals surface area contributed by atoms with E-state index >= 15 is 0 Å². The second-order valence-corrected chi connectivity index (χ2v) is 6.11. The topological polar surface area (TPSA) is 49.4 Å². The molecule has 1 aliphatic heterocycles. The van der Waals surface area contributed by atoms with Crippen LogP contribution < -0.4 is 5.32 Å². The quantitative estimate of drug-likeness (QED) is 0.906. The maximum atomic E-state index is 13.7. The molecule has 0 spiro atoms. The van der Waals surface area contributed by atoms with Gasteiger partial charge in [0.25, 0.3) is 0 Å². The number of hydrogen-bond acceptors (Lipinski definition) is 2. The summed E-state index contributed by atoms with van der Waals surface area (Å²) >= 11 is 0. The number of nitrogens with one attached hydrogen (secondary N) is 1. The Hall–Kier alpha value is -2.76. The number of carbonyl (C=O) groups excluding carboxylic acids is 2. The lowest BCUT2D eigenvalue weighted by Gasteiger charge is -2.17. The number of likely N-dealkylation sites (tertiary alicyclic amines) is 1. The number of benzene rings is 2. The van der Waals surface area contributed by atoms with Crippen molar-refractivity contribution < 1.29 is 18.4 Å². The number of carbonyl (C=O) groups is 2. The van der Waals surface area contributed by atoms with Crippen LogP contribution in [0.1, 0.15) is 17.5 Å². The Bertz CT molecular complexity index is 777. The highest BCUT2D eigenvalue weighted by atomic mass is 19.1. The molecule has 1 fully saturated rings. The molecule has 1 N–H and O–H groups in total. The van der Waals surface area contributed by atoms with Crippen LogP contribution in [0.4, 0.5) is 8.78 Å². The Morgan fingerprint density at radius 2 is 1.84 bits per heavy atom. The van der Waals surface area contributed by atoms with E-state index in [-0.39, 0.29) is 49.5 Å². The first-order valence-electron chi connectivity index (χ1n) is 8.06.